The summed E-state index contributed by atoms with van der Waals surface area (Å²) in [5.41, 5.74) is 1.34. The zero-order valence-corrected chi connectivity index (χ0v) is 7.41. The maximum Gasteiger partial charge on any atom is 0.00105 e. The van der Waals surface area contributed by atoms with E-state index in [1.165, 1.54) is 5.57 Å². The van der Waals surface area contributed by atoms with E-state index in [0.717, 1.165) is 19.4 Å². The first-order valence-corrected chi connectivity index (χ1v) is 4.06. The van der Waals surface area contributed by atoms with Crippen molar-refractivity contribution >= 4 is 0 Å². The van der Waals surface area contributed by atoms with Crippen molar-refractivity contribution in [2.24, 2.45) is 0 Å². The predicted octanol–water partition coefficient (Wildman–Crippen LogP) is 2.34. The second-order valence-corrected chi connectivity index (χ2v) is 2.96. The van der Waals surface area contributed by atoms with Gasteiger partial charge in [-0.2, -0.15) is 0 Å². The van der Waals surface area contributed by atoms with Gasteiger partial charge in [0.2, 0.25) is 0 Å². The molecule has 0 atom stereocenters. The normalized spacial score (nSPS) is 10.4. The van der Waals surface area contributed by atoms with Gasteiger partial charge in [-0.1, -0.05) is 32.9 Å². The summed E-state index contributed by atoms with van der Waals surface area (Å²) >= 11 is 0. The zero-order valence-electron chi connectivity index (χ0n) is 7.41. The van der Waals surface area contributed by atoms with Gasteiger partial charge >= 0.3 is 0 Å². The summed E-state index contributed by atoms with van der Waals surface area (Å²) in [6.07, 6.45) is 2.23. The van der Waals surface area contributed by atoms with Gasteiger partial charge in [0, 0.05) is 6.04 Å². The summed E-state index contributed by atoms with van der Waals surface area (Å²) in [5, 5.41) is 3.35. The summed E-state index contributed by atoms with van der Waals surface area (Å²) in [6, 6.07) is 0.602. The lowest BCUT2D eigenvalue weighted by molar-refractivity contribution is 0.586. The third-order valence-corrected chi connectivity index (χ3v) is 1.53. The van der Waals surface area contributed by atoms with Crippen LogP contribution in [0.3, 0.4) is 0 Å². The number of hydrogen-bond donors (Lipinski definition) is 1. The lowest BCUT2D eigenvalue weighted by atomic mass is 10.1. The third-order valence-electron chi connectivity index (χ3n) is 1.53. The van der Waals surface area contributed by atoms with E-state index in [1.54, 1.807) is 0 Å². The van der Waals surface area contributed by atoms with Crippen LogP contribution in [0.2, 0.25) is 0 Å². The summed E-state index contributed by atoms with van der Waals surface area (Å²) in [5.74, 6) is 0. The van der Waals surface area contributed by atoms with Crippen molar-refractivity contribution in [1.82, 2.24) is 5.32 Å². The Kier molecular flexibility index (Phi) is 5.32. The Morgan fingerprint density at radius 1 is 1.50 bits per heavy atom. The number of rotatable bonds is 5. The quantitative estimate of drug-likeness (QED) is 0.579. The molecule has 0 bridgehead atoms. The van der Waals surface area contributed by atoms with Crippen molar-refractivity contribution in [3.63, 3.8) is 0 Å². The molecule has 0 fully saturated rings. The van der Waals surface area contributed by atoms with Crippen LogP contribution in [-0.2, 0) is 0 Å². The fourth-order valence-corrected chi connectivity index (χ4v) is 0.714. The maximum atomic E-state index is 3.93. The maximum absolute atomic E-state index is 3.93. The fourth-order valence-electron chi connectivity index (χ4n) is 0.714. The van der Waals surface area contributed by atoms with E-state index in [0.29, 0.717) is 6.04 Å². The fraction of sp³-hybridized carbons (Fsp3) is 0.778. The van der Waals surface area contributed by atoms with Gasteiger partial charge in [-0.15, -0.1) is 0 Å². The van der Waals surface area contributed by atoms with Crippen LogP contribution < -0.4 is 5.32 Å². The number of nitrogens with one attached hydrogen (secondary N) is 1. The molecule has 0 saturated carbocycles. The minimum absolute atomic E-state index is 0.602. The Labute approximate surface area is 64.5 Å². The Hall–Kier alpha value is -0.300. The van der Waals surface area contributed by atoms with Crippen LogP contribution in [-0.4, -0.2) is 12.6 Å². The van der Waals surface area contributed by atoms with Crippen LogP contribution in [0.4, 0.5) is 0 Å². The molecule has 0 rings (SSSR count). The smallest absolute Gasteiger partial charge is 0.00105 e. The van der Waals surface area contributed by atoms with Gasteiger partial charge in [0.1, 0.15) is 0 Å². The largest absolute Gasteiger partial charge is 0.314 e. The highest BCUT2D eigenvalue weighted by atomic mass is 14.9. The second kappa shape index (κ2) is 5.48. The van der Waals surface area contributed by atoms with E-state index in [4.69, 9.17) is 0 Å². The van der Waals surface area contributed by atoms with E-state index in [-0.39, 0.29) is 0 Å². The summed E-state index contributed by atoms with van der Waals surface area (Å²) in [6.45, 7) is 11.5. The highest BCUT2D eigenvalue weighted by molar-refractivity contribution is 4.92. The first-order chi connectivity index (χ1) is 4.66. The molecule has 1 N–H and O–H groups in total. The molecule has 0 unspecified atom stereocenters. The van der Waals surface area contributed by atoms with E-state index in [9.17, 15) is 0 Å². The van der Waals surface area contributed by atoms with Gasteiger partial charge in [0.05, 0.1) is 0 Å². The predicted molar refractivity (Wildman–Crippen MR) is 47.2 cm³/mol. The van der Waals surface area contributed by atoms with Crippen molar-refractivity contribution < 1.29 is 0 Å². The molecule has 0 aliphatic carbocycles. The average Bonchev–Trinajstić information content (AvgIpc) is 1.87. The molecule has 0 aromatic heterocycles. The van der Waals surface area contributed by atoms with Crippen LogP contribution in [0, 0.1) is 0 Å². The van der Waals surface area contributed by atoms with Crippen molar-refractivity contribution in [2.45, 2.75) is 39.7 Å². The molecular weight excluding hydrogens is 122 g/mol. The molecule has 0 saturated heterocycles. The highest BCUT2D eigenvalue weighted by Crippen LogP contribution is 2.00. The molecule has 1 nitrogen and oxygen atoms in total. The van der Waals surface area contributed by atoms with Crippen LogP contribution in [0.5, 0.6) is 0 Å². The highest BCUT2D eigenvalue weighted by Gasteiger charge is 1.92. The van der Waals surface area contributed by atoms with Gasteiger partial charge in [-0.25, -0.2) is 0 Å². The Balaban J connectivity index is 3.12. The van der Waals surface area contributed by atoms with Crippen LogP contribution >= 0.6 is 0 Å². The first-order valence-electron chi connectivity index (χ1n) is 4.06. The first kappa shape index (κ1) is 9.70. The molecule has 1 heteroatoms. The Morgan fingerprint density at radius 3 is 2.50 bits per heavy atom. The van der Waals surface area contributed by atoms with Crippen LogP contribution in [0.15, 0.2) is 12.2 Å². The van der Waals surface area contributed by atoms with Crippen molar-refractivity contribution in [2.75, 3.05) is 6.54 Å². The standard InChI is InChI=1S/C9H19N/c1-5-9(4)6-7-10-8(2)3/h8,10H,4-7H2,1-3H3. The molecule has 0 aliphatic heterocycles. The molecule has 0 aliphatic rings. The van der Waals surface area contributed by atoms with Gasteiger partial charge < -0.3 is 5.32 Å². The molecule has 0 heterocycles. The second-order valence-electron chi connectivity index (χ2n) is 2.96. The van der Waals surface area contributed by atoms with E-state index >= 15 is 0 Å². The topological polar surface area (TPSA) is 12.0 Å². The molecule has 0 spiro atoms. The van der Waals surface area contributed by atoms with Gasteiger partial charge in [-0.05, 0) is 19.4 Å². The van der Waals surface area contributed by atoms with Gasteiger partial charge in [0.15, 0.2) is 0 Å². The zero-order chi connectivity index (χ0) is 7.98. The SMILES string of the molecule is C=C(CC)CCNC(C)C. The van der Waals surface area contributed by atoms with Crippen LogP contribution in [0.25, 0.3) is 0 Å². The summed E-state index contributed by atoms with van der Waals surface area (Å²) < 4.78 is 0. The minimum atomic E-state index is 0.602. The van der Waals surface area contributed by atoms with Crippen molar-refractivity contribution in [3.8, 4) is 0 Å². The van der Waals surface area contributed by atoms with E-state index in [1.807, 2.05) is 0 Å². The van der Waals surface area contributed by atoms with Crippen LogP contribution in [0.1, 0.15) is 33.6 Å². The molecule has 0 aromatic rings. The lowest BCUT2D eigenvalue weighted by Crippen LogP contribution is -2.23. The van der Waals surface area contributed by atoms with E-state index in [2.05, 4.69) is 32.7 Å². The third kappa shape index (κ3) is 5.83. The van der Waals surface area contributed by atoms with Gasteiger partial charge in [0.25, 0.3) is 0 Å². The van der Waals surface area contributed by atoms with E-state index < -0.39 is 0 Å². The minimum Gasteiger partial charge on any atom is -0.314 e. The monoisotopic (exact) mass is 141 g/mol. The summed E-state index contributed by atoms with van der Waals surface area (Å²) in [4.78, 5) is 0. The van der Waals surface area contributed by atoms with Crippen molar-refractivity contribution in [3.05, 3.63) is 12.2 Å². The lowest BCUT2D eigenvalue weighted by Gasteiger charge is -2.07. The molecule has 60 valence electrons. The Morgan fingerprint density at radius 2 is 2.10 bits per heavy atom. The number of hydrogen-bond acceptors (Lipinski definition) is 1. The molecule has 0 amide bonds. The Bertz CT molecular complexity index is 94.9. The molecule has 10 heavy (non-hydrogen) atoms. The molecule has 0 aromatic carbocycles. The molecule has 0 radical (unpaired) electrons. The average molecular weight is 141 g/mol. The van der Waals surface area contributed by atoms with Gasteiger partial charge in [-0.3, -0.25) is 0 Å². The summed E-state index contributed by atoms with van der Waals surface area (Å²) in [7, 11) is 0. The van der Waals surface area contributed by atoms with Crippen molar-refractivity contribution in [1.29, 1.82) is 0 Å². The molecular formula is C9H19N.